The number of aliphatic hydroxyl groups excluding tert-OH is 1. The number of amides is 1. The lowest BCUT2D eigenvalue weighted by molar-refractivity contribution is -0.121. The van der Waals surface area contributed by atoms with Crippen molar-refractivity contribution >= 4 is 11.6 Å². The summed E-state index contributed by atoms with van der Waals surface area (Å²) in [5.41, 5.74) is 1.63. The van der Waals surface area contributed by atoms with Gasteiger partial charge in [0, 0.05) is 12.2 Å². The van der Waals surface area contributed by atoms with E-state index in [9.17, 15) is 4.79 Å². The summed E-state index contributed by atoms with van der Waals surface area (Å²) in [7, 11) is 0. The molecule has 0 aliphatic carbocycles. The molecular weight excluding hydrogens is 216 g/mol. The summed E-state index contributed by atoms with van der Waals surface area (Å²) in [4.78, 5) is 11.6. The molecule has 4 nitrogen and oxygen atoms in total. The van der Waals surface area contributed by atoms with E-state index in [0.717, 1.165) is 11.3 Å². The van der Waals surface area contributed by atoms with E-state index in [1.165, 1.54) is 0 Å². The second-order valence-corrected chi connectivity index (χ2v) is 3.76. The summed E-state index contributed by atoms with van der Waals surface area (Å²) < 4.78 is 0. The molecular formula is C13H18N2O2. The highest BCUT2D eigenvalue weighted by Crippen LogP contribution is 2.11. The van der Waals surface area contributed by atoms with Crippen molar-refractivity contribution in [3.8, 4) is 0 Å². The molecule has 92 valence electrons. The van der Waals surface area contributed by atoms with Crippen LogP contribution in [0, 0.1) is 0 Å². The predicted molar refractivity (Wildman–Crippen MR) is 68.7 cm³/mol. The van der Waals surface area contributed by atoms with Crippen LogP contribution in [0.4, 0.5) is 5.69 Å². The quantitative estimate of drug-likeness (QED) is 0.650. The molecule has 0 fully saturated rings. The molecule has 0 saturated heterocycles. The maximum atomic E-state index is 11.6. The van der Waals surface area contributed by atoms with Crippen LogP contribution in [-0.2, 0) is 11.4 Å². The van der Waals surface area contributed by atoms with E-state index < -0.39 is 0 Å². The highest BCUT2D eigenvalue weighted by atomic mass is 16.3. The highest BCUT2D eigenvalue weighted by Gasteiger charge is 2.11. The van der Waals surface area contributed by atoms with Gasteiger partial charge in [0.15, 0.2) is 0 Å². The van der Waals surface area contributed by atoms with Crippen LogP contribution >= 0.6 is 0 Å². The van der Waals surface area contributed by atoms with Gasteiger partial charge in [0.2, 0.25) is 5.91 Å². The zero-order valence-electron chi connectivity index (χ0n) is 9.94. The van der Waals surface area contributed by atoms with Crippen molar-refractivity contribution in [2.45, 2.75) is 19.6 Å². The van der Waals surface area contributed by atoms with Gasteiger partial charge in [-0.1, -0.05) is 18.2 Å². The average molecular weight is 234 g/mol. The van der Waals surface area contributed by atoms with Crippen LogP contribution in [0.3, 0.4) is 0 Å². The Kier molecular flexibility index (Phi) is 5.23. The highest BCUT2D eigenvalue weighted by molar-refractivity contribution is 5.84. The fourth-order valence-electron chi connectivity index (χ4n) is 1.40. The van der Waals surface area contributed by atoms with Crippen molar-refractivity contribution in [2.75, 3.05) is 11.9 Å². The second-order valence-electron chi connectivity index (χ2n) is 3.76. The minimum atomic E-state index is -0.330. The lowest BCUT2D eigenvalue weighted by Gasteiger charge is -2.15. The van der Waals surface area contributed by atoms with Crippen molar-refractivity contribution < 1.29 is 9.90 Å². The van der Waals surface area contributed by atoms with E-state index in [1.807, 2.05) is 24.3 Å². The van der Waals surface area contributed by atoms with Crippen molar-refractivity contribution in [1.82, 2.24) is 5.32 Å². The minimum absolute atomic E-state index is 0.00738. The normalized spacial score (nSPS) is 11.6. The first-order valence-electron chi connectivity index (χ1n) is 5.52. The third-order valence-electron chi connectivity index (χ3n) is 2.31. The zero-order chi connectivity index (χ0) is 12.7. The molecule has 0 saturated carbocycles. The van der Waals surface area contributed by atoms with Crippen LogP contribution in [0.25, 0.3) is 0 Å². The fraction of sp³-hybridized carbons (Fsp3) is 0.308. The van der Waals surface area contributed by atoms with Crippen LogP contribution in [0.15, 0.2) is 36.9 Å². The van der Waals surface area contributed by atoms with Crippen LogP contribution in [0.2, 0.25) is 0 Å². The van der Waals surface area contributed by atoms with Gasteiger partial charge in [-0.05, 0) is 24.6 Å². The van der Waals surface area contributed by atoms with Crippen molar-refractivity contribution in [1.29, 1.82) is 0 Å². The SMILES string of the molecule is C=CCNC(=O)C(C)Nc1cccc(CO)c1. The largest absolute Gasteiger partial charge is 0.392 e. The molecule has 1 unspecified atom stereocenters. The van der Waals surface area contributed by atoms with Crippen LogP contribution in [0.5, 0.6) is 0 Å². The number of benzene rings is 1. The molecule has 4 heteroatoms. The molecule has 17 heavy (non-hydrogen) atoms. The van der Waals surface area contributed by atoms with Gasteiger partial charge in [-0.15, -0.1) is 6.58 Å². The first-order valence-corrected chi connectivity index (χ1v) is 5.52. The monoisotopic (exact) mass is 234 g/mol. The summed E-state index contributed by atoms with van der Waals surface area (Å²) in [6, 6.07) is 7.01. The Hall–Kier alpha value is -1.81. The third kappa shape index (κ3) is 4.28. The smallest absolute Gasteiger partial charge is 0.242 e. The Morgan fingerprint density at radius 1 is 1.59 bits per heavy atom. The third-order valence-corrected chi connectivity index (χ3v) is 2.31. The Balaban J connectivity index is 2.57. The van der Waals surface area contributed by atoms with E-state index in [4.69, 9.17) is 5.11 Å². The zero-order valence-corrected chi connectivity index (χ0v) is 9.94. The summed E-state index contributed by atoms with van der Waals surface area (Å²) in [6.07, 6.45) is 1.64. The number of carbonyl (C=O) groups is 1. The summed E-state index contributed by atoms with van der Waals surface area (Å²) in [5.74, 6) is -0.0840. The molecule has 0 aliphatic heterocycles. The van der Waals surface area contributed by atoms with E-state index in [2.05, 4.69) is 17.2 Å². The predicted octanol–water partition coefficient (Wildman–Crippen LogP) is 1.28. The number of nitrogens with one attached hydrogen (secondary N) is 2. The maximum Gasteiger partial charge on any atom is 0.242 e. The van der Waals surface area contributed by atoms with Gasteiger partial charge in [-0.2, -0.15) is 0 Å². The topological polar surface area (TPSA) is 61.4 Å². The van der Waals surface area contributed by atoms with E-state index in [1.54, 1.807) is 13.0 Å². The number of carbonyl (C=O) groups excluding carboxylic acids is 1. The molecule has 0 radical (unpaired) electrons. The maximum absolute atomic E-state index is 11.6. The lowest BCUT2D eigenvalue weighted by Crippen LogP contribution is -2.37. The molecule has 0 heterocycles. The summed E-state index contributed by atoms with van der Waals surface area (Å²) >= 11 is 0. The molecule has 0 aromatic heterocycles. The molecule has 0 spiro atoms. The number of aliphatic hydroxyl groups is 1. The molecule has 1 rings (SSSR count). The van der Waals surface area contributed by atoms with Gasteiger partial charge in [-0.25, -0.2) is 0 Å². The van der Waals surface area contributed by atoms with Crippen molar-refractivity contribution in [3.05, 3.63) is 42.5 Å². The first kappa shape index (κ1) is 13.3. The molecule has 1 atom stereocenters. The minimum Gasteiger partial charge on any atom is -0.392 e. The summed E-state index contributed by atoms with van der Waals surface area (Å²) in [5, 5.41) is 14.8. The molecule has 1 amide bonds. The average Bonchev–Trinajstić information content (AvgIpc) is 2.36. The molecule has 1 aromatic rings. The van der Waals surface area contributed by atoms with E-state index >= 15 is 0 Å². The molecule has 1 aromatic carbocycles. The Labute approximate surface area is 101 Å². The van der Waals surface area contributed by atoms with Crippen LogP contribution < -0.4 is 10.6 Å². The second kappa shape index (κ2) is 6.70. The standard InChI is InChI=1S/C13H18N2O2/c1-3-7-14-13(17)10(2)15-12-6-4-5-11(8-12)9-16/h3-6,8,10,15-16H,1,7,9H2,2H3,(H,14,17). The van der Waals surface area contributed by atoms with Gasteiger partial charge in [0.1, 0.15) is 6.04 Å². The Morgan fingerprint density at radius 3 is 3.00 bits per heavy atom. The first-order chi connectivity index (χ1) is 8.17. The van der Waals surface area contributed by atoms with Gasteiger partial charge < -0.3 is 15.7 Å². The Bertz CT molecular complexity index is 391. The number of hydrogen-bond donors (Lipinski definition) is 3. The summed E-state index contributed by atoms with van der Waals surface area (Å²) in [6.45, 7) is 5.77. The van der Waals surface area contributed by atoms with Crippen molar-refractivity contribution in [2.24, 2.45) is 0 Å². The van der Waals surface area contributed by atoms with Crippen molar-refractivity contribution in [3.63, 3.8) is 0 Å². The number of rotatable bonds is 6. The van der Waals surface area contributed by atoms with Gasteiger partial charge >= 0.3 is 0 Å². The van der Waals surface area contributed by atoms with E-state index in [-0.39, 0.29) is 18.6 Å². The van der Waals surface area contributed by atoms with E-state index in [0.29, 0.717) is 6.54 Å². The number of anilines is 1. The van der Waals surface area contributed by atoms with Gasteiger partial charge in [-0.3, -0.25) is 4.79 Å². The Morgan fingerprint density at radius 2 is 2.35 bits per heavy atom. The molecule has 0 bridgehead atoms. The van der Waals surface area contributed by atoms with Crippen LogP contribution in [0.1, 0.15) is 12.5 Å². The molecule has 3 N–H and O–H groups in total. The molecule has 0 aliphatic rings. The fourth-order valence-corrected chi connectivity index (χ4v) is 1.40. The van der Waals surface area contributed by atoms with Gasteiger partial charge in [0.05, 0.1) is 6.61 Å². The lowest BCUT2D eigenvalue weighted by atomic mass is 10.2. The van der Waals surface area contributed by atoms with Gasteiger partial charge in [0.25, 0.3) is 0 Å². The number of hydrogen-bond acceptors (Lipinski definition) is 3. The van der Waals surface area contributed by atoms with Crippen LogP contribution in [-0.4, -0.2) is 23.6 Å².